The topological polar surface area (TPSA) is 81.2 Å². The number of para-hydroxylation sites is 1. The molecule has 0 fully saturated rings. The van der Waals surface area contributed by atoms with Crippen molar-refractivity contribution in [1.29, 1.82) is 0 Å². The Labute approximate surface area is 124 Å². The first-order chi connectivity index (χ1) is 9.97. The van der Waals surface area contributed by atoms with Crippen LogP contribution in [0, 0.1) is 5.92 Å². The molecule has 0 aliphatic carbocycles. The summed E-state index contributed by atoms with van der Waals surface area (Å²) in [6.45, 7) is 6.22. The number of nitrogens with two attached hydrogens (primary N) is 1. The van der Waals surface area contributed by atoms with E-state index in [9.17, 15) is 4.79 Å². The highest BCUT2D eigenvalue weighted by molar-refractivity contribution is 5.92. The summed E-state index contributed by atoms with van der Waals surface area (Å²) in [4.78, 5) is 16.3. The van der Waals surface area contributed by atoms with Gasteiger partial charge in [0.1, 0.15) is 6.26 Å². The number of benzene rings is 1. The Morgan fingerprint density at radius 2 is 2.05 bits per heavy atom. The van der Waals surface area contributed by atoms with Crippen molar-refractivity contribution in [1.82, 2.24) is 10.3 Å². The molecule has 1 amide bonds. The minimum Gasteiger partial charge on any atom is -0.444 e. The molecular formula is C16H21N3O2. The molecule has 1 atom stereocenters. The van der Waals surface area contributed by atoms with Crippen molar-refractivity contribution in [2.45, 2.75) is 33.2 Å². The lowest BCUT2D eigenvalue weighted by Gasteiger charge is -2.14. The maximum atomic E-state index is 12.1. The Balaban J connectivity index is 2.10. The number of nitrogen functional groups attached to an aromatic ring is 1. The third kappa shape index (κ3) is 3.84. The fourth-order valence-electron chi connectivity index (χ4n) is 2.26. The van der Waals surface area contributed by atoms with Crippen molar-refractivity contribution in [3.8, 4) is 11.5 Å². The molecule has 1 heterocycles. The molecule has 1 unspecified atom stereocenters. The summed E-state index contributed by atoms with van der Waals surface area (Å²) in [6.07, 6.45) is 2.28. The molecule has 1 aromatic carbocycles. The molecule has 112 valence electrons. The number of nitrogens with one attached hydrogen (secondary N) is 1. The Morgan fingerprint density at radius 1 is 1.33 bits per heavy atom. The Morgan fingerprint density at radius 3 is 2.71 bits per heavy atom. The third-order valence-corrected chi connectivity index (χ3v) is 3.13. The smallest absolute Gasteiger partial charge is 0.273 e. The maximum Gasteiger partial charge on any atom is 0.273 e. The van der Waals surface area contributed by atoms with Crippen LogP contribution in [0.2, 0.25) is 0 Å². The number of carbonyl (C=O) groups excluding carboxylic acids is 1. The molecule has 21 heavy (non-hydrogen) atoms. The molecule has 2 aromatic rings. The van der Waals surface area contributed by atoms with E-state index in [4.69, 9.17) is 10.2 Å². The van der Waals surface area contributed by atoms with Gasteiger partial charge in [-0.3, -0.25) is 4.79 Å². The first kappa shape index (κ1) is 15.1. The van der Waals surface area contributed by atoms with Crippen LogP contribution in [0.3, 0.4) is 0 Å². The summed E-state index contributed by atoms with van der Waals surface area (Å²) >= 11 is 0. The highest BCUT2D eigenvalue weighted by Crippen LogP contribution is 2.24. The van der Waals surface area contributed by atoms with Gasteiger partial charge in [-0.1, -0.05) is 26.0 Å². The van der Waals surface area contributed by atoms with E-state index in [-0.39, 0.29) is 17.6 Å². The number of aromatic nitrogens is 1. The summed E-state index contributed by atoms with van der Waals surface area (Å²) in [5.74, 6) is 0.653. The molecule has 0 aliphatic heterocycles. The van der Waals surface area contributed by atoms with Crippen LogP contribution in [0.4, 0.5) is 5.69 Å². The Kier molecular flexibility index (Phi) is 4.62. The SMILES string of the molecule is CC(C)CC(C)NC(=O)c1coc(-c2ccccc2N)n1. The number of hydrogen-bond acceptors (Lipinski definition) is 4. The standard InChI is InChI=1S/C16H21N3O2/c1-10(2)8-11(3)18-15(20)14-9-21-16(19-14)12-6-4-5-7-13(12)17/h4-7,9-11H,8,17H2,1-3H3,(H,18,20). The summed E-state index contributed by atoms with van der Waals surface area (Å²) in [5, 5.41) is 2.91. The van der Waals surface area contributed by atoms with E-state index < -0.39 is 0 Å². The number of amides is 1. The average molecular weight is 287 g/mol. The van der Waals surface area contributed by atoms with Gasteiger partial charge in [-0.15, -0.1) is 0 Å². The third-order valence-electron chi connectivity index (χ3n) is 3.13. The minimum absolute atomic E-state index is 0.0967. The van der Waals surface area contributed by atoms with E-state index in [1.807, 2.05) is 25.1 Å². The normalized spacial score (nSPS) is 12.4. The van der Waals surface area contributed by atoms with Crippen molar-refractivity contribution < 1.29 is 9.21 Å². The molecule has 0 saturated carbocycles. The molecule has 1 aromatic heterocycles. The monoisotopic (exact) mass is 287 g/mol. The van der Waals surface area contributed by atoms with Crippen LogP contribution in [0.15, 0.2) is 34.9 Å². The van der Waals surface area contributed by atoms with E-state index in [0.29, 0.717) is 23.1 Å². The van der Waals surface area contributed by atoms with Crippen LogP contribution in [-0.4, -0.2) is 16.9 Å². The van der Waals surface area contributed by atoms with Crippen molar-refractivity contribution in [3.05, 3.63) is 36.2 Å². The van der Waals surface area contributed by atoms with Crippen molar-refractivity contribution in [2.24, 2.45) is 5.92 Å². The predicted molar refractivity (Wildman–Crippen MR) is 82.7 cm³/mol. The molecule has 5 heteroatoms. The van der Waals surface area contributed by atoms with Crippen molar-refractivity contribution in [2.75, 3.05) is 5.73 Å². The van der Waals surface area contributed by atoms with Gasteiger partial charge in [0, 0.05) is 11.7 Å². The number of anilines is 1. The van der Waals surface area contributed by atoms with Gasteiger partial charge in [0.25, 0.3) is 5.91 Å². The van der Waals surface area contributed by atoms with Gasteiger partial charge in [-0.25, -0.2) is 4.98 Å². The molecule has 0 saturated heterocycles. The van der Waals surface area contributed by atoms with Gasteiger partial charge >= 0.3 is 0 Å². The number of rotatable bonds is 5. The lowest BCUT2D eigenvalue weighted by atomic mass is 10.1. The highest BCUT2D eigenvalue weighted by atomic mass is 16.3. The summed E-state index contributed by atoms with van der Waals surface area (Å²) in [6, 6.07) is 7.36. The fraction of sp³-hybridized carbons (Fsp3) is 0.375. The second-order valence-electron chi connectivity index (χ2n) is 5.63. The quantitative estimate of drug-likeness (QED) is 0.828. The van der Waals surface area contributed by atoms with Crippen molar-refractivity contribution >= 4 is 11.6 Å². The van der Waals surface area contributed by atoms with Gasteiger partial charge in [-0.05, 0) is 31.4 Å². The van der Waals surface area contributed by atoms with E-state index in [1.165, 1.54) is 6.26 Å². The predicted octanol–water partition coefficient (Wildman–Crippen LogP) is 3.09. The maximum absolute atomic E-state index is 12.1. The lowest BCUT2D eigenvalue weighted by molar-refractivity contribution is 0.0931. The molecular weight excluding hydrogens is 266 g/mol. The first-order valence-electron chi connectivity index (χ1n) is 7.08. The number of hydrogen-bond donors (Lipinski definition) is 2. The highest BCUT2D eigenvalue weighted by Gasteiger charge is 2.16. The molecule has 2 rings (SSSR count). The molecule has 0 spiro atoms. The summed E-state index contributed by atoms with van der Waals surface area (Å²) in [7, 11) is 0. The Hall–Kier alpha value is -2.30. The van der Waals surface area contributed by atoms with Gasteiger partial charge < -0.3 is 15.5 Å². The molecule has 3 N–H and O–H groups in total. The van der Waals surface area contributed by atoms with E-state index >= 15 is 0 Å². The number of oxazole rings is 1. The van der Waals surface area contributed by atoms with Gasteiger partial charge in [-0.2, -0.15) is 0 Å². The summed E-state index contributed by atoms with van der Waals surface area (Å²) < 4.78 is 5.36. The fourth-order valence-corrected chi connectivity index (χ4v) is 2.26. The second kappa shape index (κ2) is 6.43. The van der Waals surface area contributed by atoms with E-state index in [0.717, 1.165) is 6.42 Å². The molecule has 0 radical (unpaired) electrons. The largest absolute Gasteiger partial charge is 0.444 e. The Bertz CT molecular complexity index is 619. The van der Waals surface area contributed by atoms with Crippen molar-refractivity contribution in [3.63, 3.8) is 0 Å². The van der Waals surface area contributed by atoms with Crippen LogP contribution < -0.4 is 11.1 Å². The molecule has 0 aliphatic rings. The lowest BCUT2D eigenvalue weighted by Crippen LogP contribution is -2.33. The van der Waals surface area contributed by atoms with Crippen LogP contribution in [-0.2, 0) is 0 Å². The minimum atomic E-state index is -0.229. The number of carbonyl (C=O) groups is 1. The number of nitrogens with zero attached hydrogens (tertiary/aromatic N) is 1. The van der Waals surface area contributed by atoms with Crippen LogP contribution in [0.1, 0.15) is 37.7 Å². The van der Waals surface area contributed by atoms with Crippen LogP contribution >= 0.6 is 0 Å². The molecule has 5 nitrogen and oxygen atoms in total. The van der Waals surface area contributed by atoms with Crippen LogP contribution in [0.5, 0.6) is 0 Å². The first-order valence-corrected chi connectivity index (χ1v) is 7.08. The zero-order valence-corrected chi connectivity index (χ0v) is 12.6. The summed E-state index contributed by atoms with van der Waals surface area (Å²) in [5.41, 5.74) is 7.40. The second-order valence-corrected chi connectivity index (χ2v) is 5.63. The van der Waals surface area contributed by atoms with Gasteiger partial charge in [0.2, 0.25) is 5.89 Å². The molecule has 0 bridgehead atoms. The zero-order chi connectivity index (χ0) is 15.4. The van der Waals surface area contributed by atoms with Gasteiger partial charge in [0.15, 0.2) is 5.69 Å². The van der Waals surface area contributed by atoms with Crippen LogP contribution in [0.25, 0.3) is 11.5 Å². The van der Waals surface area contributed by atoms with E-state index in [2.05, 4.69) is 24.1 Å². The van der Waals surface area contributed by atoms with Gasteiger partial charge in [0.05, 0.1) is 5.56 Å². The zero-order valence-electron chi connectivity index (χ0n) is 12.6. The average Bonchev–Trinajstić information content (AvgIpc) is 2.87. The van der Waals surface area contributed by atoms with E-state index in [1.54, 1.807) is 6.07 Å².